The average molecular weight is 349 g/mol. The van der Waals surface area contributed by atoms with Gasteiger partial charge in [0.25, 0.3) is 0 Å². The Kier molecular flexibility index (Phi) is 3.84. The predicted octanol–water partition coefficient (Wildman–Crippen LogP) is 3.81. The minimum absolute atomic E-state index is 0.145. The van der Waals surface area contributed by atoms with Crippen LogP contribution in [0.15, 0.2) is 11.6 Å². The van der Waals surface area contributed by atoms with Crippen LogP contribution < -0.4 is 0 Å². The molecule has 0 radical (unpaired) electrons. The Hall–Kier alpha value is -0.380. The molecule has 0 aromatic rings. The predicted molar refractivity (Wildman–Crippen MR) is 99.0 cm³/mol. The van der Waals surface area contributed by atoms with Crippen LogP contribution in [0.1, 0.15) is 79.1 Å². The zero-order valence-electron chi connectivity index (χ0n) is 16.4. The largest absolute Gasteiger partial charge is 0.393 e. The van der Waals surface area contributed by atoms with Crippen molar-refractivity contribution in [3.05, 3.63) is 11.6 Å². The maximum absolute atomic E-state index is 11.3. The van der Waals surface area contributed by atoms with E-state index in [1.807, 2.05) is 0 Å². The monoisotopic (exact) mass is 348 g/mol. The van der Waals surface area contributed by atoms with Crippen molar-refractivity contribution in [2.45, 2.75) is 96.9 Å². The van der Waals surface area contributed by atoms with Gasteiger partial charge in [-0.3, -0.25) is 0 Å². The lowest BCUT2D eigenvalue weighted by atomic mass is 9.43. The number of rotatable bonds is 1. The Labute approximate surface area is 152 Å². The summed E-state index contributed by atoms with van der Waals surface area (Å²) in [5.74, 6) is 0.979. The minimum atomic E-state index is -0.951. The second kappa shape index (κ2) is 5.33. The molecule has 0 bridgehead atoms. The molecule has 3 heteroatoms. The molecule has 3 unspecified atom stereocenters. The number of fused-ring (bicyclic) bond motifs is 5. The lowest BCUT2D eigenvalue weighted by Gasteiger charge is -2.62. The molecule has 3 nitrogen and oxygen atoms in total. The van der Waals surface area contributed by atoms with Crippen molar-refractivity contribution < 1.29 is 15.3 Å². The summed E-state index contributed by atoms with van der Waals surface area (Å²) in [6, 6.07) is 0. The molecule has 0 spiro atoms. The van der Waals surface area contributed by atoms with Gasteiger partial charge in [0.05, 0.1) is 17.8 Å². The van der Waals surface area contributed by atoms with Crippen molar-refractivity contribution in [2.24, 2.45) is 28.1 Å². The molecule has 25 heavy (non-hydrogen) atoms. The maximum Gasteiger partial charge on any atom is 0.0961 e. The van der Waals surface area contributed by atoms with Crippen LogP contribution in [0, 0.1) is 28.1 Å². The highest BCUT2D eigenvalue weighted by atomic mass is 16.3. The molecule has 4 aliphatic carbocycles. The minimum Gasteiger partial charge on any atom is -0.393 e. The van der Waals surface area contributed by atoms with E-state index >= 15 is 0 Å². The molecule has 3 fully saturated rings. The lowest BCUT2D eigenvalue weighted by Crippen LogP contribution is -2.58. The molecule has 0 aromatic heterocycles. The van der Waals surface area contributed by atoms with Crippen LogP contribution in [-0.2, 0) is 0 Å². The molecule has 0 aromatic carbocycles. The van der Waals surface area contributed by atoms with E-state index in [2.05, 4.69) is 26.8 Å². The molecule has 3 N–H and O–H groups in total. The van der Waals surface area contributed by atoms with E-state index in [0.717, 1.165) is 44.9 Å². The molecule has 4 rings (SSSR count). The topological polar surface area (TPSA) is 60.7 Å². The van der Waals surface area contributed by atoms with Crippen molar-refractivity contribution >= 4 is 0 Å². The van der Waals surface area contributed by atoms with Gasteiger partial charge in [0.15, 0.2) is 0 Å². The first-order chi connectivity index (χ1) is 11.6. The summed E-state index contributed by atoms with van der Waals surface area (Å²) in [6.07, 6.45) is 9.47. The summed E-state index contributed by atoms with van der Waals surface area (Å²) in [7, 11) is 0. The van der Waals surface area contributed by atoms with Crippen LogP contribution in [0.2, 0.25) is 0 Å². The summed E-state index contributed by atoms with van der Waals surface area (Å²) >= 11 is 0. The van der Waals surface area contributed by atoms with Crippen LogP contribution in [0.4, 0.5) is 0 Å². The van der Waals surface area contributed by atoms with Gasteiger partial charge in [-0.25, -0.2) is 0 Å². The molecule has 142 valence electrons. The maximum atomic E-state index is 11.3. The van der Waals surface area contributed by atoms with E-state index in [4.69, 9.17) is 0 Å². The van der Waals surface area contributed by atoms with E-state index < -0.39 is 11.7 Å². The van der Waals surface area contributed by atoms with Gasteiger partial charge < -0.3 is 15.3 Å². The Morgan fingerprint density at radius 1 is 1.00 bits per heavy atom. The van der Waals surface area contributed by atoms with Crippen molar-refractivity contribution in [2.75, 3.05) is 0 Å². The highest BCUT2D eigenvalue weighted by molar-refractivity contribution is 5.31. The number of aliphatic hydroxyl groups is 3. The summed E-state index contributed by atoms with van der Waals surface area (Å²) in [6.45, 7) is 8.83. The Morgan fingerprint density at radius 3 is 2.28 bits per heavy atom. The highest BCUT2D eigenvalue weighted by Gasteiger charge is 2.65. The third-order valence-corrected chi connectivity index (χ3v) is 9.64. The summed E-state index contributed by atoms with van der Waals surface area (Å²) in [5, 5.41) is 31.9. The van der Waals surface area contributed by atoms with Gasteiger partial charge in [-0.05, 0) is 81.0 Å². The Balaban J connectivity index is 1.73. The SMILES string of the molecule is CC(O)[C@@]1(O)CCC2C3=CC[C@]4(C)C[C@H](O)CC[C@]4(C)C3CC[C@@]21C. The van der Waals surface area contributed by atoms with E-state index in [1.165, 1.54) is 0 Å². The molecule has 0 heterocycles. The van der Waals surface area contributed by atoms with Crippen LogP contribution in [0.25, 0.3) is 0 Å². The van der Waals surface area contributed by atoms with Gasteiger partial charge >= 0.3 is 0 Å². The quantitative estimate of drug-likeness (QED) is 0.632. The molecular formula is C22H36O3. The van der Waals surface area contributed by atoms with Gasteiger partial charge in [-0.2, -0.15) is 0 Å². The van der Waals surface area contributed by atoms with Gasteiger partial charge in [-0.1, -0.05) is 32.4 Å². The first-order valence-corrected chi connectivity index (χ1v) is 10.4. The standard InChI is InChI=1S/C22H36O3/c1-14(23)22(25)12-8-18-16-6-9-19(2)13-15(24)5-10-20(19,3)17(16)7-11-21(18,22)4/h6,14-15,17-18,23-25H,5,7-13H2,1-4H3/t14?,15-,17?,18?,19-,20-,21+,22+/m1/s1. The Morgan fingerprint density at radius 2 is 1.60 bits per heavy atom. The van der Waals surface area contributed by atoms with Gasteiger partial charge in [0, 0.05) is 5.41 Å². The number of hydrogen-bond donors (Lipinski definition) is 3. The summed E-state index contributed by atoms with van der Waals surface area (Å²) in [5.41, 5.74) is 0.853. The van der Waals surface area contributed by atoms with Gasteiger partial charge in [0.2, 0.25) is 0 Å². The van der Waals surface area contributed by atoms with Crippen molar-refractivity contribution in [1.29, 1.82) is 0 Å². The van der Waals surface area contributed by atoms with Crippen LogP contribution in [0.5, 0.6) is 0 Å². The van der Waals surface area contributed by atoms with Crippen molar-refractivity contribution in [3.8, 4) is 0 Å². The smallest absolute Gasteiger partial charge is 0.0961 e. The molecule has 0 aliphatic heterocycles. The fourth-order valence-electron chi connectivity index (χ4n) is 7.58. The second-order valence-corrected chi connectivity index (χ2v) is 10.5. The zero-order chi connectivity index (χ0) is 18.3. The third kappa shape index (κ3) is 2.09. The zero-order valence-corrected chi connectivity index (χ0v) is 16.4. The fraction of sp³-hybridized carbons (Fsp3) is 0.909. The molecule has 0 amide bonds. The Bertz CT molecular complexity index is 598. The first kappa shape index (κ1) is 18.0. The second-order valence-electron chi connectivity index (χ2n) is 10.5. The molecule has 3 saturated carbocycles. The first-order valence-electron chi connectivity index (χ1n) is 10.4. The van der Waals surface area contributed by atoms with Crippen LogP contribution >= 0.6 is 0 Å². The van der Waals surface area contributed by atoms with Crippen LogP contribution in [-0.4, -0.2) is 33.1 Å². The number of hydrogen-bond acceptors (Lipinski definition) is 3. The highest BCUT2D eigenvalue weighted by Crippen LogP contribution is 2.69. The van der Waals surface area contributed by atoms with E-state index in [0.29, 0.717) is 18.3 Å². The van der Waals surface area contributed by atoms with E-state index in [9.17, 15) is 15.3 Å². The molecule has 0 saturated heterocycles. The van der Waals surface area contributed by atoms with Gasteiger partial charge in [0.1, 0.15) is 0 Å². The van der Waals surface area contributed by atoms with Crippen molar-refractivity contribution in [1.82, 2.24) is 0 Å². The normalized spacial score (nSPS) is 56.4. The molecule has 8 atom stereocenters. The number of allylic oxidation sites excluding steroid dienone is 2. The van der Waals surface area contributed by atoms with Gasteiger partial charge in [-0.15, -0.1) is 0 Å². The molecular weight excluding hydrogens is 312 g/mol. The van der Waals surface area contributed by atoms with Crippen LogP contribution in [0.3, 0.4) is 0 Å². The third-order valence-electron chi connectivity index (χ3n) is 9.64. The van der Waals surface area contributed by atoms with Crippen molar-refractivity contribution in [3.63, 3.8) is 0 Å². The van der Waals surface area contributed by atoms with E-state index in [-0.39, 0.29) is 22.3 Å². The summed E-state index contributed by atoms with van der Waals surface area (Å²) in [4.78, 5) is 0. The number of aliphatic hydroxyl groups excluding tert-OH is 2. The lowest BCUT2D eigenvalue weighted by molar-refractivity contribution is -0.157. The van der Waals surface area contributed by atoms with E-state index in [1.54, 1.807) is 12.5 Å². The fourth-order valence-corrected chi connectivity index (χ4v) is 7.58. The average Bonchev–Trinajstić information content (AvgIpc) is 2.82. The molecule has 4 aliphatic rings. The summed E-state index contributed by atoms with van der Waals surface area (Å²) < 4.78 is 0.